The van der Waals surface area contributed by atoms with Crippen LogP contribution in [-0.2, 0) is 0 Å². The molecule has 1 atom stereocenters. The number of benzene rings is 2. The first-order valence-electron chi connectivity index (χ1n) is 9.67. The lowest BCUT2D eigenvalue weighted by molar-refractivity contribution is 0.0673. The van der Waals surface area contributed by atoms with Gasteiger partial charge in [-0.15, -0.1) is 0 Å². The highest BCUT2D eigenvalue weighted by atomic mass is 35.5. The van der Waals surface area contributed by atoms with Gasteiger partial charge in [0, 0.05) is 48.4 Å². The number of nitrogens with zero attached hydrogens (tertiary/aromatic N) is 4. The number of carbonyl (C=O) groups excluding carboxylic acids is 1. The zero-order valence-electron chi connectivity index (χ0n) is 16.6. The van der Waals surface area contributed by atoms with Crippen LogP contribution in [0.25, 0.3) is 0 Å². The van der Waals surface area contributed by atoms with E-state index in [1.54, 1.807) is 30.3 Å². The number of ether oxygens (including phenoxy) is 1. The summed E-state index contributed by atoms with van der Waals surface area (Å²) in [5.41, 5.74) is 0.573. The molecule has 0 radical (unpaired) electrons. The molecule has 1 saturated heterocycles. The molecule has 0 saturated carbocycles. The summed E-state index contributed by atoms with van der Waals surface area (Å²) in [5.74, 6) is 0.810. The summed E-state index contributed by atoms with van der Waals surface area (Å²) in [4.78, 5) is 25.2. The van der Waals surface area contributed by atoms with E-state index in [1.807, 2.05) is 11.8 Å². The van der Waals surface area contributed by atoms with E-state index >= 15 is 0 Å². The van der Waals surface area contributed by atoms with E-state index < -0.39 is 5.82 Å². The zero-order chi connectivity index (χ0) is 22.0. The van der Waals surface area contributed by atoms with Gasteiger partial charge in [0.1, 0.15) is 23.7 Å². The third-order valence-corrected chi connectivity index (χ3v) is 5.55. The molecule has 0 N–H and O–H groups in total. The maximum atomic E-state index is 13.3. The molecule has 31 heavy (non-hydrogen) atoms. The van der Waals surface area contributed by atoms with Gasteiger partial charge in [-0.1, -0.05) is 29.3 Å². The summed E-state index contributed by atoms with van der Waals surface area (Å²) in [6, 6.07) is 12.7. The minimum Gasteiger partial charge on any atom is -0.439 e. The first kappa shape index (κ1) is 21.3. The number of aromatic nitrogens is 2. The molecule has 1 aliphatic heterocycles. The molecule has 6 nitrogen and oxygen atoms in total. The molecule has 0 aliphatic carbocycles. The molecule has 0 bridgehead atoms. The number of carbonyl (C=O) groups is 1. The van der Waals surface area contributed by atoms with E-state index in [1.165, 1.54) is 24.5 Å². The highest BCUT2D eigenvalue weighted by Crippen LogP contribution is 2.27. The Morgan fingerprint density at radius 2 is 1.97 bits per heavy atom. The van der Waals surface area contributed by atoms with Crippen molar-refractivity contribution in [3.05, 3.63) is 76.3 Å². The van der Waals surface area contributed by atoms with Crippen LogP contribution in [0, 0.1) is 5.82 Å². The summed E-state index contributed by atoms with van der Waals surface area (Å²) >= 11 is 11.8. The van der Waals surface area contributed by atoms with Gasteiger partial charge in [0.2, 0.25) is 5.88 Å². The molecule has 1 aromatic heterocycles. The topological polar surface area (TPSA) is 58.6 Å². The molecule has 3 aromatic rings. The molecular formula is C22H19Cl2FN4O2. The zero-order valence-corrected chi connectivity index (χ0v) is 18.1. The lowest BCUT2D eigenvalue weighted by Gasteiger charge is -2.40. The highest BCUT2D eigenvalue weighted by molar-refractivity contribution is 6.31. The fourth-order valence-electron chi connectivity index (χ4n) is 3.47. The minimum absolute atomic E-state index is 0.0268. The van der Waals surface area contributed by atoms with Crippen LogP contribution >= 0.6 is 23.2 Å². The molecule has 0 spiro atoms. The van der Waals surface area contributed by atoms with Gasteiger partial charge in [-0.05, 0) is 37.3 Å². The number of rotatable bonds is 4. The number of hydrogen-bond donors (Lipinski definition) is 0. The Bertz CT molecular complexity index is 1110. The highest BCUT2D eigenvalue weighted by Gasteiger charge is 2.29. The molecule has 4 rings (SSSR count). The quantitative estimate of drug-likeness (QED) is 0.544. The largest absolute Gasteiger partial charge is 0.439 e. The fraction of sp³-hybridized carbons (Fsp3) is 0.227. The SMILES string of the molecule is C[C@H]1CN(c2cc(Oc3ccc(F)c(Cl)c3)ncn2)CCN1C(=O)c1cccc(Cl)c1. The van der Waals surface area contributed by atoms with Crippen molar-refractivity contribution in [3.8, 4) is 11.6 Å². The Kier molecular flexibility index (Phi) is 6.25. The number of piperazine rings is 1. The standard InChI is InChI=1S/C22H19Cl2FN4O2/c1-14-12-28(7-8-29(14)22(30)15-3-2-4-16(23)9-15)20-11-21(27-13-26-20)31-17-5-6-19(25)18(24)10-17/h2-6,9-11,13-14H,7-8,12H2,1H3/t14-/m0/s1. The second-order valence-corrected chi connectivity index (χ2v) is 8.04. The van der Waals surface area contributed by atoms with Gasteiger partial charge in [0.25, 0.3) is 5.91 Å². The van der Waals surface area contributed by atoms with E-state index in [2.05, 4.69) is 14.9 Å². The van der Waals surface area contributed by atoms with Crippen molar-refractivity contribution >= 4 is 34.9 Å². The van der Waals surface area contributed by atoms with E-state index in [4.69, 9.17) is 27.9 Å². The van der Waals surface area contributed by atoms with Crippen LogP contribution in [0.4, 0.5) is 10.2 Å². The number of amides is 1. The Morgan fingerprint density at radius 3 is 2.71 bits per heavy atom. The maximum Gasteiger partial charge on any atom is 0.254 e. The van der Waals surface area contributed by atoms with Crippen molar-refractivity contribution in [3.63, 3.8) is 0 Å². The number of halogens is 3. The molecule has 2 aromatic carbocycles. The molecule has 160 valence electrons. The molecule has 1 aliphatic rings. The lowest BCUT2D eigenvalue weighted by Crippen LogP contribution is -2.54. The van der Waals surface area contributed by atoms with E-state index in [0.29, 0.717) is 47.7 Å². The van der Waals surface area contributed by atoms with Crippen molar-refractivity contribution in [1.82, 2.24) is 14.9 Å². The summed E-state index contributed by atoms with van der Waals surface area (Å²) < 4.78 is 19.0. The van der Waals surface area contributed by atoms with Crippen LogP contribution < -0.4 is 9.64 Å². The van der Waals surface area contributed by atoms with Gasteiger partial charge < -0.3 is 14.5 Å². The Balaban J connectivity index is 1.45. The van der Waals surface area contributed by atoms with Gasteiger partial charge in [-0.25, -0.2) is 14.4 Å². The second kappa shape index (κ2) is 9.08. The van der Waals surface area contributed by atoms with Gasteiger partial charge in [-0.2, -0.15) is 0 Å². The molecule has 1 amide bonds. The molecule has 2 heterocycles. The van der Waals surface area contributed by atoms with Crippen LogP contribution in [0.5, 0.6) is 11.6 Å². The minimum atomic E-state index is -0.517. The van der Waals surface area contributed by atoms with Crippen LogP contribution in [0.1, 0.15) is 17.3 Å². The second-order valence-electron chi connectivity index (χ2n) is 7.20. The predicted molar refractivity (Wildman–Crippen MR) is 118 cm³/mol. The molecule has 0 unspecified atom stereocenters. The Labute approximate surface area is 189 Å². The monoisotopic (exact) mass is 460 g/mol. The average Bonchev–Trinajstić information content (AvgIpc) is 2.76. The van der Waals surface area contributed by atoms with Crippen LogP contribution in [0.15, 0.2) is 54.9 Å². The van der Waals surface area contributed by atoms with Crippen molar-refractivity contribution in [2.75, 3.05) is 24.5 Å². The van der Waals surface area contributed by atoms with Crippen molar-refractivity contribution in [1.29, 1.82) is 0 Å². The molecule has 9 heteroatoms. The predicted octanol–water partition coefficient (Wildman–Crippen LogP) is 5.07. The van der Waals surface area contributed by atoms with Gasteiger partial charge in [0.15, 0.2) is 0 Å². The summed E-state index contributed by atoms with van der Waals surface area (Å²) in [5, 5.41) is 0.509. The summed E-state index contributed by atoms with van der Waals surface area (Å²) in [7, 11) is 0. The van der Waals surface area contributed by atoms with Gasteiger partial charge in [0.05, 0.1) is 5.02 Å². The van der Waals surface area contributed by atoms with Crippen LogP contribution in [0.3, 0.4) is 0 Å². The average molecular weight is 461 g/mol. The first-order chi connectivity index (χ1) is 14.9. The Hall–Kier alpha value is -2.90. The van der Waals surface area contributed by atoms with E-state index in [-0.39, 0.29) is 17.0 Å². The van der Waals surface area contributed by atoms with Crippen LogP contribution in [-0.4, -0.2) is 46.5 Å². The van der Waals surface area contributed by atoms with E-state index in [9.17, 15) is 9.18 Å². The van der Waals surface area contributed by atoms with Crippen molar-refractivity contribution in [2.24, 2.45) is 0 Å². The maximum absolute atomic E-state index is 13.3. The van der Waals surface area contributed by atoms with Crippen molar-refractivity contribution in [2.45, 2.75) is 13.0 Å². The first-order valence-corrected chi connectivity index (χ1v) is 10.4. The fourth-order valence-corrected chi connectivity index (χ4v) is 3.84. The number of hydrogen-bond acceptors (Lipinski definition) is 5. The Morgan fingerprint density at radius 1 is 1.13 bits per heavy atom. The smallest absolute Gasteiger partial charge is 0.254 e. The third-order valence-electron chi connectivity index (χ3n) is 5.02. The molecular weight excluding hydrogens is 442 g/mol. The summed E-state index contributed by atoms with van der Waals surface area (Å²) in [6.45, 7) is 3.74. The van der Waals surface area contributed by atoms with Gasteiger partial charge in [-0.3, -0.25) is 4.79 Å². The van der Waals surface area contributed by atoms with E-state index in [0.717, 1.165) is 0 Å². The lowest BCUT2D eigenvalue weighted by atomic mass is 10.1. The number of anilines is 1. The van der Waals surface area contributed by atoms with Crippen LogP contribution in [0.2, 0.25) is 10.0 Å². The van der Waals surface area contributed by atoms with Gasteiger partial charge >= 0.3 is 0 Å². The summed E-state index contributed by atoms with van der Waals surface area (Å²) in [6.07, 6.45) is 1.41. The third kappa shape index (κ3) is 4.89. The normalized spacial score (nSPS) is 16.3. The van der Waals surface area contributed by atoms with Crippen molar-refractivity contribution < 1.29 is 13.9 Å². The molecule has 1 fully saturated rings.